The van der Waals surface area contributed by atoms with Crippen LogP contribution in [0.2, 0.25) is 0 Å². The zero-order valence-corrected chi connectivity index (χ0v) is 18.3. The minimum Gasteiger partial charge on any atom is -0.465 e. The average Bonchev–Trinajstić information content (AvgIpc) is 3.25. The number of aromatic amines is 1. The van der Waals surface area contributed by atoms with Crippen LogP contribution in [0.1, 0.15) is 31.0 Å². The maximum absolute atomic E-state index is 12.5. The fourth-order valence-corrected chi connectivity index (χ4v) is 4.82. The third-order valence-electron chi connectivity index (χ3n) is 5.71. The van der Waals surface area contributed by atoms with Crippen LogP contribution in [0, 0.1) is 0 Å². The third-order valence-corrected chi connectivity index (χ3v) is 6.62. The van der Waals surface area contributed by atoms with Crippen LogP contribution >= 0.6 is 11.3 Å². The first kappa shape index (κ1) is 21.1. The van der Waals surface area contributed by atoms with E-state index in [-0.39, 0.29) is 11.6 Å². The van der Waals surface area contributed by atoms with Gasteiger partial charge in [0.15, 0.2) is 0 Å². The summed E-state index contributed by atoms with van der Waals surface area (Å²) in [5.41, 5.74) is 10.8. The van der Waals surface area contributed by atoms with Crippen LogP contribution in [0.3, 0.4) is 0 Å². The van der Waals surface area contributed by atoms with Gasteiger partial charge in [-0.1, -0.05) is 30.3 Å². The van der Waals surface area contributed by atoms with Gasteiger partial charge in [0.2, 0.25) is 0 Å². The summed E-state index contributed by atoms with van der Waals surface area (Å²) < 4.78 is 0.693. The highest BCUT2D eigenvalue weighted by Gasteiger charge is 2.17. The summed E-state index contributed by atoms with van der Waals surface area (Å²) >= 11 is 1.42. The predicted octanol–water partition coefficient (Wildman–Crippen LogP) is 4.97. The number of amides is 1. The molecule has 0 aliphatic carbocycles. The lowest BCUT2D eigenvalue weighted by Crippen LogP contribution is -2.31. The van der Waals surface area contributed by atoms with Gasteiger partial charge in [-0.05, 0) is 60.0 Å². The lowest BCUT2D eigenvalue weighted by Gasteiger charge is -2.19. The molecule has 6 nitrogen and oxygen atoms in total. The highest BCUT2D eigenvalue weighted by atomic mass is 32.1. The van der Waals surface area contributed by atoms with Crippen LogP contribution < -0.4 is 11.3 Å². The Kier molecular flexibility index (Phi) is 5.80. The Morgan fingerprint density at radius 2 is 1.94 bits per heavy atom. The van der Waals surface area contributed by atoms with Crippen LogP contribution in [0.4, 0.5) is 4.79 Å². The Bertz CT molecular complexity index is 1310. The van der Waals surface area contributed by atoms with Gasteiger partial charge in [0.1, 0.15) is 4.70 Å². The molecule has 160 valence electrons. The molecule has 31 heavy (non-hydrogen) atoms. The lowest BCUT2D eigenvalue weighted by molar-refractivity contribution is 0.148. The van der Waals surface area contributed by atoms with Gasteiger partial charge in [0, 0.05) is 35.4 Å². The van der Waals surface area contributed by atoms with Crippen LogP contribution in [0.5, 0.6) is 0 Å². The summed E-state index contributed by atoms with van der Waals surface area (Å²) in [5, 5.41) is 13.2. The first-order valence-electron chi connectivity index (χ1n) is 10.3. The Hall–Kier alpha value is -3.16. The number of carboxylic acid groups (broad SMARTS) is 1. The predicted molar refractivity (Wildman–Crippen MR) is 127 cm³/mol. The Morgan fingerprint density at radius 3 is 2.58 bits per heavy atom. The van der Waals surface area contributed by atoms with Crippen molar-refractivity contribution < 1.29 is 9.90 Å². The number of hydrogen-bond donors (Lipinski definition) is 3. The van der Waals surface area contributed by atoms with Crippen LogP contribution in [0.25, 0.3) is 32.1 Å². The van der Waals surface area contributed by atoms with Crippen molar-refractivity contribution in [2.75, 3.05) is 13.1 Å². The van der Waals surface area contributed by atoms with Crippen molar-refractivity contribution in [3.8, 4) is 11.1 Å². The second kappa shape index (κ2) is 8.53. The number of hydrogen-bond acceptors (Lipinski definition) is 4. The molecule has 4 rings (SSSR count). The van der Waals surface area contributed by atoms with Gasteiger partial charge in [0.05, 0.1) is 0 Å². The Balaban J connectivity index is 1.94. The summed E-state index contributed by atoms with van der Waals surface area (Å²) in [4.78, 5) is 28.4. The van der Waals surface area contributed by atoms with Crippen LogP contribution in [-0.4, -0.2) is 34.2 Å². The minimum absolute atomic E-state index is 0.0605. The largest absolute Gasteiger partial charge is 0.465 e. The first-order chi connectivity index (χ1) is 14.9. The summed E-state index contributed by atoms with van der Waals surface area (Å²) in [6.07, 6.45) is -0.346. The standard InChI is InChI=1S/C24H25N3O3S/c1-3-27(24(29)30)12-10-17-8-9-19-21(18-11-13-31-22(18)23(28)26-19)20(17)16-6-4-15(5-7-16)14(2)25/h4-9,11,13-14H,3,10,12,25H2,1-2H3,(H,26,28)(H,29,30). The number of nitrogens with zero attached hydrogens (tertiary/aromatic N) is 1. The van der Waals surface area contributed by atoms with E-state index in [1.807, 2.05) is 49.6 Å². The molecule has 4 N–H and O–H groups in total. The third kappa shape index (κ3) is 3.94. The molecule has 2 aromatic carbocycles. The van der Waals surface area contributed by atoms with Gasteiger partial charge < -0.3 is 20.7 Å². The number of rotatable bonds is 6. The average molecular weight is 436 g/mol. The molecule has 0 aliphatic heterocycles. The van der Waals surface area contributed by atoms with E-state index < -0.39 is 6.09 Å². The number of benzene rings is 2. The number of H-pyrrole nitrogens is 1. The summed E-state index contributed by atoms with van der Waals surface area (Å²) in [6, 6.07) is 14.0. The smallest absolute Gasteiger partial charge is 0.407 e. The van der Waals surface area contributed by atoms with Gasteiger partial charge in [-0.25, -0.2) is 4.79 Å². The Morgan fingerprint density at radius 1 is 1.19 bits per heavy atom. The second-order valence-corrected chi connectivity index (χ2v) is 8.58. The molecule has 2 aromatic heterocycles. The molecule has 0 radical (unpaired) electrons. The first-order valence-corrected chi connectivity index (χ1v) is 11.2. The molecule has 1 unspecified atom stereocenters. The zero-order chi connectivity index (χ0) is 22.1. The SMILES string of the molecule is CCN(CCc1ccc2[nH]c(=O)c3sccc3c2c1-c1ccc(C(C)N)cc1)C(=O)O. The fourth-order valence-electron chi connectivity index (χ4n) is 4.03. The molecule has 7 heteroatoms. The lowest BCUT2D eigenvalue weighted by atomic mass is 9.91. The van der Waals surface area contributed by atoms with Crippen molar-refractivity contribution in [2.24, 2.45) is 5.73 Å². The topological polar surface area (TPSA) is 99.4 Å². The van der Waals surface area contributed by atoms with Gasteiger partial charge in [-0.15, -0.1) is 11.3 Å². The van der Waals surface area contributed by atoms with Gasteiger partial charge in [-0.3, -0.25) is 4.79 Å². The zero-order valence-electron chi connectivity index (χ0n) is 17.5. The molecule has 2 heterocycles. The second-order valence-electron chi connectivity index (χ2n) is 7.66. The highest BCUT2D eigenvalue weighted by molar-refractivity contribution is 7.17. The monoisotopic (exact) mass is 435 g/mol. The molecule has 4 aromatic rings. The number of thiophene rings is 1. The van der Waals surface area contributed by atoms with E-state index in [1.54, 1.807) is 0 Å². The van der Waals surface area contributed by atoms with Gasteiger partial charge in [0.25, 0.3) is 5.56 Å². The fraction of sp³-hybridized carbons (Fsp3) is 0.250. The summed E-state index contributed by atoms with van der Waals surface area (Å²) in [5.74, 6) is 0. The van der Waals surface area contributed by atoms with E-state index in [0.29, 0.717) is 24.2 Å². The van der Waals surface area contributed by atoms with E-state index in [0.717, 1.165) is 38.5 Å². The number of carbonyl (C=O) groups is 1. The maximum atomic E-state index is 12.5. The number of likely N-dealkylation sites (N-methyl/N-ethyl adjacent to an activating group) is 1. The van der Waals surface area contributed by atoms with Crippen LogP contribution in [0.15, 0.2) is 52.6 Å². The van der Waals surface area contributed by atoms with E-state index in [1.165, 1.54) is 16.2 Å². The van der Waals surface area contributed by atoms with E-state index in [2.05, 4.69) is 17.1 Å². The molecular weight excluding hydrogens is 410 g/mol. The number of pyridine rings is 1. The van der Waals surface area contributed by atoms with Crippen LogP contribution in [-0.2, 0) is 6.42 Å². The maximum Gasteiger partial charge on any atom is 0.407 e. The van der Waals surface area contributed by atoms with Crippen molar-refractivity contribution in [1.29, 1.82) is 0 Å². The minimum atomic E-state index is -0.921. The van der Waals surface area contributed by atoms with Crippen molar-refractivity contribution in [3.63, 3.8) is 0 Å². The molecule has 1 amide bonds. The number of nitrogens with two attached hydrogens (primary N) is 1. The molecule has 0 saturated carbocycles. The van der Waals surface area contributed by atoms with Crippen molar-refractivity contribution in [1.82, 2.24) is 9.88 Å². The highest BCUT2D eigenvalue weighted by Crippen LogP contribution is 2.37. The molecule has 0 saturated heterocycles. The van der Waals surface area contributed by atoms with E-state index >= 15 is 0 Å². The van der Waals surface area contributed by atoms with E-state index in [4.69, 9.17) is 5.73 Å². The van der Waals surface area contributed by atoms with Gasteiger partial charge in [-0.2, -0.15) is 0 Å². The normalized spacial score (nSPS) is 12.4. The summed E-state index contributed by atoms with van der Waals surface area (Å²) in [6.45, 7) is 4.62. The quantitative estimate of drug-likeness (QED) is 0.398. The Labute approximate surface area is 183 Å². The molecule has 0 aliphatic rings. The van der Waals surface area contributed by atoms with Crippen molar-refractivity contribution >= 4 is 38.4 Å². The van der Waals surface area contributed by atoms with Gasteiger partial charge >= 0.3 is 6.09 Å². The molecule has 0 bridgehead atoms. The van der Waals surface area contributed by atoms with Crippen molar-refractivity contribution in [2.45, 2.75) is 26.3 Å². The number of nitrogens with one attached hydrogen (secondary N) is 1. The van der Waals surface area contributed by atoms with E-state index in [9.17, 15) is 14.7 Å². The number of fused-ring (bicyclic) bond motifs is 3. The molecular formula is C24H25N3O3S. The molecule has 0 spiro atoms. The number of aromatic nitrogens is 1. The van der Waals surface area contributed by atoms with Crippen molar-refractivity contribution in [3.05, 3.63) is 69.3 Å². The molecule has 0 fully saturated rings. The molecule has 1 atom stereocenters. The summed E-state index contributed by atoms with van der Waals surface area (Å²) in [7, 11) is 0.